The van der Waals surface area contributed by atoms with Crippen LogP contribution in [0.3, 0.4) is 0 Å². The van der Waals surface area contributed by atoms with E-state index in [0.717, 1.165) is 0 Å². The van der Waals surface area contributed by atoms with Gasteiger partial charge in [-0.2, -0.15) is 0 Å². The SMILES string of the molecule is NC(=O)c1cccc2c1c1[c]cc(Cl)cc1n2Cc1c(F)cccc1F. The molecule has 0 bridgehead atoms. The van der Waals surface area contributed by atoms with Crippen LogP contribution in [0.4, 0.5) is 8.78 Å². The van der Waals surface area contributed by atoms with Crippen molar-refractivity contribution in [1.29, 1.82) is 0 Å². The van der Waals surface area contributed by atoms with E-state index in [-0.39, 0.29) is 12.1 Å². The van der Waals surface area contributed by atoms with Crippen molar-refractivity contribution in [3.05, 3.63) is 82.4 Å². The van der Waals surface area contributed by atoms with E-state index in [4.69, 9.17) is 17.3 Å². The average Bonchev–Trinajstić information content (AvgIpc) is 2.91. The average molecular weight is 370 g/mol. The molecule has 0 aliphatic heterocycles. The molecule has 0 fully saturated rings. The van der Waals surface area contributed by atoms with Crippen molar-refractivity contribution in [2.24, 2.45) is 5.73 Å². The van der Waals surface area contributed by atoms with Crippen molar-refractivity contribution < 1.29 is 13.6 Å². The first kappa shape index (κ1) is 16.5. The van der Waals surface area contributed by atoms with Crippen molar-refractivity contribution in [2.45, 2.75) is 6.54 Å². The molecule has 4 rings (SSSR count). The highest BCUT2D eigenvalue weighted by Gasteiger charge is 2.19. The Bertz CT molecular complexity index is 1160. The van der Waals surface area contributed by atoms with Crippen molar-refractivity contribution in [3.8, 4) is 0 Å². The summed E-state index contributed by atoms with van der Waals surface area (Å²) in [4.78, 5) is 11.9. The predicted octanol–water partition coefficient (Wildman–Crippen LogP) is 4.67. The second-order valence-corrected chi connectivity index (χ2v) is 6.36. The maximum atomic E-state index is 14.2. The molecule has 1 aromatic heterocycles. The van der Waals surface area contributed by atoms with Crippen LogP contribution in [0, 0.1) is 17.7 Å². The largest absolute Gasteiger partial charge is 0.366 e. The van der Waals surface area contributed by atoms with Gasteiger partial charge in [-0.3, -0.25) is 4.79 Å². The van der Waals surface area contributed by atoms with Crippen LogP contribution in [0.15, 0.2) is 48.5 Å². The molecule has 2 N–H and O–H groups in total. The molecule has 129 valence electrons. The first-order chi connectivity index (χ1) is 12.5. The molecule has 4 aromatic rings. The van der Waals surface area contributed by atoms with Crippen molar-refractivity contribution >= 4 is 39.3 Å². The van der Waals surface area contributed by atoms with Crippen molar-refractivity contribution in [2.75, 3.05) is 0 Å². The van der Waals surface area contributed by atoms with E-state index in [1.807, 2.05) is 0 Å². The third-order valence-electron chi connectivity index (χ3n) is 4.40. The molecular formula is C20H12ClF2N2O. The molecule has 0 saturated carbocycles. The highest BCUT2D eigenvalue weighted by molar-refractivity contribution is 6.31. The second-order valence-electron chi connectivity index (χ2n) is 5.93. The number of primary amides is 1. The van der Waals surface area contributed by atoms with Crippen LogP contribution in [-0.2, 0) is 6.54 Å². The van der Waals surface area contributed by atoms with Crippen molar-refractivity contribution in [1.82, 2.24) is 4.57 Å². The van der Waals surface area contributed by atoms with Crippen LogP contribution < -0.4 is 5.73 Å². The van der Waals surface area contributed by atoms with E-state index in [1.165, 1.54) is 18.2 Å². The lowest BCUT2D eigenvalue weighted by Crippen LogP contribution is -2.11. The molecule has 1 heterocycles. The number of carbonyl (C=O) groups is 1. The number of halogens is 3. The Labute approximate surface area is 152 Å². The van der Waals surface area contributed by atoms with Gasteiger partial charge in [0, 0.05) is 26.9 Å². The molecule has 0 aliphatic rings. The summed E-state index contributed by atoms with van der Waals surface area (Å²) in [6.07, 6.45) is 0. The molecule has 0 aliphatic carbocycles. The lowest BCUT2D eigenvalue weighted by atomic mass is 10.1. The van der Waals surface area contributed by atoms with Gasteiger partial charge in [0.25, 0.3) is 0 Å². The summed E-state index contributed by atoms with van der Waals surface area (Å²) in [5.74, 6) is -1.87. The maximum absolute atomic E-state index is 14.2. The zero-order valence-electron chi connectivity index (χ0n) is 13.4. The number of hydrogen-bond donors (Lipinski definition) is 1. The molecule has 3 aromatic carbocycles. The Hall–Kier alpha value is -2.92. The van der Waals surface area contributed by atoms with Crippen LogP contribution in [0.5, 0.6) is 0 Å². The van der Waals surface area contributed by atoms with Gasteiger partial charge in [-0.15, -0.1) is 0 Å². The number of rotatable bonds is 3. The van der Waals surface area contributed by atoms with E-state index >= 15 is 0 Å². The minimum absolute atomic E-state index is 0.0606. The first-order valence-corrected chi connectivity index (χ1v) is 8.20. The van der Waals surface area contributed by atoms with E-state index in [0.29, 0.717) is 32.4 Å². The third-order valence-corrected chi connectivity index (χ3v) is 4.62. The first-order valence-electron chi connectivity index (χ1n) is 7.82. The zero-order chi connectivity index (χ0) is 18.4. The van der Waals surface area contributed by atoms with Gasteiger partial charge in [0.05, 0.1) is 17.6 Å². The summed E-state index contributed by atoms with van der Waals surface area (Å²) in [6, 6.07) is 15.1. The fourth-order valence-electron chi connectivity index (χ4n) is 3.25. The number of aromatic nitrogens is 1. The minimum atomic E-state index is -0.642. The van der Waals surface area contributed by atoms with Crippen molar-refractivity contribution in [3.63, 3.8) is 0 Å². The number of benzene rings is 3. The van der Waals surface area contributed by atoms with Crippen LogP contribution in [0.1, 0.15) is 15.9 Å². The van der Waals surface area contributed by atoms with Crippen LogP contribution in [0.2, 0.25) is 5.02 Å². The van der Waals surface area contributed by atoms with E-state index in [9.17, 15) is 13.6 Å². The number of nitrogens with two attached hydrogens (primary N) is 1. The molecule has 1 amide bonds. The highest BCUT2D eigenvalue weighted by atomic mass is 35.5. The number of hydrogen-bond acceptors (Lipinski definition) is 1. The van der Waals surface area contributed by atoms with Gasteiger partial charge in [-0.1, -0.05) is 23.7 Å². The topological polar surface area (TPSA) is 48.0 Å². The maximum Gasteiger partial charge on any atom is 0.249 e. The summed E-state index contributed by atoms with van der Waals surface area (Å²) in [5.41, 5.74) is 6.99. The number of nitrogens with zero attached hydrogens (tertiary/aromatic N) is 1. The molecular weight excluding hydrogens is 358 g/mol. The Morgan fingerprint density at radius 1 is 1.12 bits per heavy atom. The van der Waals surface area contributed by atoms with Crippen LogP contribution >= 0.6 is 11.6 Å². The van der Waals surface area contributed by atoms with E-state index in [1.54, 1.807) is 34.9 Å². The summed E-state index contributed by atoms with van der Waals surface area (Å²) >= 11 is 6.10. The standard InChI is InChI=1S/C20H12ClF2N2O/c21-11-7-8-12-18(9-11)25(10-14-15(22)4-2-5-16(14)23)17-6-1-3-13(19(12)17)20(24)26/h1-7,9H,10H2,(H2,24,26). The molecule has 3 nitrogen and oxygen atoms in total. The van der Waals surface area contributed by atoms with E-state index < -0.39 is 17.5 Å². The van der Waals surface area contributed by atoms with Crippen LogP contribution in [-0.4, -0.2) is 10.5 Å². The van der Waals surface area contributed by atoms with Gasteiger partial charge in [-0.05, 0) is 42.5 Å². The Morgan fingerprint density at radius 3 is 2.50 bits per heavy atom. The second kappa shape index (κ2) is 6.11. The highest BCUT2D eigenvalue weighted by Crippen LogP contribution is 2.34. The molecule has 0 spiro atoms. The Balaban J connectivity index is 2.09. The van der Waals surface area contributed by atoms with Gasteiger partial charge >= 0.3 is 0 Å². The molecule has 26 heavy (non-hydrogen) atoms. The fourth-order valence-corrected chi connectivity index (χ4v) is 3.41. The normalized spacial score (nSPS) is 11.3. The van der Waals surface area contributed by atoms with Gasteiger partial charge in [-0.25, -0.2) is 8.78 Å². The van der Waals surface area contributed by atoms with Crippen LogP contribution in [0.25, 0.3) is 21.8 Å². The smallest absolute Gasteiger partial charge is 0.249 e. The lowest BCUT2D eigenvalue weighted by Gasteiger charge is -2.10. The molecule has 6 heteroatoms. The lowest BCUT2D eigenvalue weighted by molar-refractivity contribution is 0.100. The Kier molecular flexibility index (Phi) is 3.89. The molecule has 0 unspecified atom stereocenters. The Morgan fingerprint density at radius 2 is 1.81 bits per heavy atom. The minimum Gasteiger partial charge on any atom is -0.366 e. The number of carbonyl (C=O) groups excluding carboxylic acids is 1. The van der Waals surface area contributed by atoms with Gasteiger partial charge in [0.1, 0.15) is 11.6 Å². The third kappa shape index (κ3) is 2.52. The van der Waals surface area contributed by atoms with Gasteiger partial charge in [0.15, 0.2) is 0 Å². The molecule has 0 atom stereocenters. The molecule has 1 radical (unpaired) electrons. The number of fused-ring (bicyclic) bond motifs is 3. The monoisotopic (exact) mass is 369 g/mol. The zero-order valence-corrected chi connectivity index (χ0v) is 14.1. The predicted molar refractivity (Wildman–Crippen MR) is 97.3 cm³/mol. The summed E-state index contributed by atoms with van der Waals surface area (Å²) < 4.78 is 30.0. The van der Waals surface area contributed by atoms with Gasteiger partial charge in [0.2, 0.25) is 5.91 Å². The van der Waals surface area contributed by atoms with Gasteiger partial charge < -0.3 is 10.3 Å². The summed E-state index contributed by atoms with van der Waals surface area (Å²) in [7, 11) is 0. The summed E-state index contributed by atoms with van der Waals surface area (Å²) in [5, 5.41) is 1.63. The number of amides is 1. The fraction of sp³-hybridized carbons (Fsp3) is 0.0500. The molecule has 0 saturated heterocycles. The van der Waals surface area contributed by atoms with E-state index in [2.05, 4.69) is 6.07 Å². The quantitative estimate of drug-likeness (QED) is 0.560. The summed E-state index contributed by atoms with van der Waals surface area (Å²) in [6.45, 7) is -0.0606.